The Bertz CT molecular complexity index is 451. The lowest BCUT2D eigenvalue weighted by molar-refractivity contribution is 0.0696. The first-order valence-corrected chi connectivity index (χ1v) is 6.46. The quantitative estimate of drug-likeness (QED) is 0.780. The summed E-state index contributed by atoms with van der Waals surface area (Å²) in [5, 5.41) is 9.31. The zero-order chi connectivity index (χ0) is 15.1. The number of nitrogens with zero attached hydrogens (tertiary/aromatic N) is 2. The maximum atomic E-state index is 11.4. The van der Waals surface area contributed by atoms with Crippen LogP contribution in [-0.2, 0) is 9.47 Å². The summed E-state index contributed by atoms with van der Waals surface area (Å²) in [7, 11) is 3.23. The van der Waals surface area contributed by atoms with E-state index in [-0.39, 0.29) is 11.6 Å². The third kappa shape index (κ3) is 4.18. The van der Waals surface area contributed by atoms with E-state index in [1.165, 1.54) is 0 Å². The fraction of sp³-hybridized carbons (Fsp3) is 0.571. The Morgan fingerprint density at radius 3 is 2.65 bits per heavy atom. The van der Waals surface area contributed by atoms with Gasteiger partial charge in [-0.3, -0.25) is 0 Å². The summed E-state index contributed by atoms with van der Waals surface area (Å²) in [6.45, 7) is 5.33. The molecule has 1 atom stereocenters. The minimum atomic E-state index is -0.987. The summed E-state index contributed by atoms with van der Waals surface area (Å²) in [6.07, 6.45) is 0. The van der Waals surface area contributed by atoms with Crippen molar-refractivity contribution in [3.8, 4) is 0 Å². The Kier molecular flexibility index (Phi) is 6.41. The molecule has 0 aliphatic carbocycles. The van der Waals surface area contributed by atoms with E-state index in [0.29, 0.717) is 25.6 Å². The molecule has 1 unspecified atom stereocenters. The summed E-state index contributed by atoms with van der Waals surface area (Å²) in [5.41, 5.74) is 0.965. The van der Waals surface area contributed by atoms with Crippen LogP contribution in [0.25, 0.3) is 0 Å². The highest BCUT2D eigenvalue weighted by atomic mass is 16.5. The Labute approximate surface area is 119 Å². The van der Waals surface area contributed by atoms with Crippen LogP contribution in [0.1, 0.15) is 23.0 Å². The summed E-state index contributed by atoms with van der Waals surface area (Å²) >= 11 is 0. The molecule has 1 N–H and O–H groups in total. The molecule has 0 radical (unpaired) electrons. The van der Waals surface area contributed by atoms with Gasteiger partial charge in [0.2, 0.25) is 0 Å². The van der Waals surface area contributed by atoms with Crippen LogP contribution in [0.2, 0.25) is 0 Å². The largest absolute Gasteiger partial charge is 0.478 e. The summed E-state index contributed by atoms with van der Waals surface area (Å²) in [4.78, 5) is 17.7. The predicted octanol–water partition coefficient (Wildman–Crippen LogP) is 1.58. The number of methoxy groups -OCH3 is 2. The number of rotatable bonds is 8. The number of aromatic nitrogens is 1. The molecule has 1 rings (SSSR count). The van der Waals surface area contributed by atoms with Crippen molar-refractivity contribution >= 4 is 11.8 Å². The topological polar surface area (TPSA) is 71.9 Å². The van der Waals surface area contributed by atoms with Gasteiger partial charge in [0.1, 0.15) is 11.4 Å². The van der Waals surface area contributed by atoms with Gasteiger partial charge in [0.15, 0.2) is 0 Å². The first-order chi connectivity index (χ1) is 9.51. The van der Waals surface area contributed by atoms with Gasteiger partial charge in [-0.15, -0.1) is 0 Å². The van der Waals surface area contributed by atoms with Crippen molar-refractivity contribution in [3.63, 3.8) is 0 Å². The first-order valence-electron chi connectivity index (χ1n) is 6.46. The molecule has 1 aromatic rings. The Morgan fingerprint density at radius 2 is 2.10 bits per heavy atom. The minimum Gasteiger partial charge on any atom is -0.478 e. The van der Waals surface area contributed by atoms with E-state index in [4.69, 9.17) is 9.47 Å². The fourth-order valence-electron chi connectivity index (χ4n) is 1.98. The van der Waals surface area contributed by atoms with E-state index < -0.39 is 5.97 Å². The number of hydrogen-bond donors (Lipinski definition) is 1. The molecule has 0 aromatic carbocycles. The first kappa shape index (κ1) is 16.4. The highest BCUT2D eigenvalue weighted by molar-refractivity contribution is 5.93. The molecule has 112 valence electrons. The average molecular weight is 282 g/mol. The van der Waals surface area contributed by atoms with Crippen LogP contribution in [0.3, 0.4) is 0 Å². The fourth-order valence-corrected chi connectivity index (χ4v) is 1.98. The average Bonchev–Trinajstić information content (AvgIpc) is 2.39. The highest BCUT2D eigenvalue weighted by Crippen LogP contribution is 2.21. The van der Waals surface area contributed by atoms with Crippen molar-refractivity contribution in [1.29, 1.82) is 0 Å². The van der Waals surface area contributed by atoms with Crippen LogP contribution in [0.15, 0.2) is 12.1 Å². The van der Waals surface area contributed by atoms with Gasteiger partial charge in [-0.1, -0.05) is 0 Å². The predicted molar refractivity (Wildman–Crippen MR) is 76.5 cm³/mol. The van der Waals surface area contributed by atoms with Crippen LogP contribution < -0.4 is 4.90 Å². The van der Waals surface area contributed by atoms with Crippen molar-refractivity contribution in [1.82, 2.24) is 4.98 Å². The van der Waals surface area contributed by atoms with E-state index in [0.717, 1.165) is 5.69 Å². The lowest BCUT2D eigenvalue weighted by Crippen LogP contribution is -2.40. The Balaban J connectivity index is 3.16. The van der Waals surface area contributed by atoms with Gasteiger partial charge in [-0.2, -0.15) is 0 Å². The molecule has 0 aliphatic rings. The normalized spacial score (nSPS) is 12.2. The number of carboxylic acids is 1. The van der Waals surface area contributed by atoms with Gasteiger partial charge in [0, 0.05) is 26.5 Å². The molecule has 0 saturated heterocycles. The molecule has 0 fully saturated rings. The number of aryl methyl sites for hydroxylation is 1. The third-order valence-electron chi connectivity index (χ3n) is 2.99. The number of ether oxygens (including phenoxy) is 2. The highest BCUT2D eigenvalue weighted by Gasteiger charge is 2.22. The zero-order valence-corrected chi connectivity index (χ0v) is 12.4. The Hall–Kier alpha value is -1.66. The molecule has 0 bridgehead atoms. The Morgan fingerprint density at radius 1 is 1.40 bits per heavy atom. The van der Waals surface area contributed by atoms with Gasteiger partial charge >= 0.3 is 5.97 Å². The molecule has 1 aromatic heterocycles. The van der Waals surface area contributed by atoms with Crippen LogP contribution in [0.5, 0.6) is 0 Å². The molecule has 1 heterocycles. The standard InChI is InChI=1S/C14H22N2O4/c1-10-5-6-12(14(17)18)13(15-10)16(7-8-19-3)11(2)9-20-4/h5-6,11H,7-9H2,1-4H3,(H,17,18). The molecule has 6 nitrogen and oxygen atoms in total. The number of carboxylic acid groups (broad SMARTS) is 1. The SMILES string of the molecule is COCCN(c1nc(C)ccc1C(=O)O)C(C)COC. The smallest absolute Gasteiger partial charge is 0.339 e. The molecular weight excluding hydrogens is 260 g/mol. The summed E-state index contributed by atoms with van der Waals surface area (Å²) < 4.78 is 10.3. The van der Waals surface area contributed by atoms with Crippen molar-refractivity contribution in [2.24, 2.45) is 0 Å². The number of aromatic carboxylic acids is 1. The van der Waals surface area contributed by atoms with Gasteiger partial charge < -0.3 is 19.5 Å². The van der Waals surface area contributed by atoms with E-state index in [1.807, 2.05) is 18.7 Å². The molecule has 6 heteroatoms. The van der Waals surface area contributed by atoms with Gasteiger partial charge in [0.25, 0.3) is 0 Å². The van der Waals surface area contributed by atoms with E-state index >= 15 is 0 Å². The van der Waals surface area contributed by atoms with Gasteiger partial charge in [0.05, 0.1) is 19.3 Å². The maximum absolute atomic E-state index is 11.4. The maximum Gasteiger partial charge on any atom is 0.339 e. The second-order valence-corrected chi connectivity index (χ2v) is 4.62. The summed E-state index contributed by atoms with van der Waals surface area (Å²) in [5.74, 6) is -0.529. The molecular formula is C14H22N2O4. The monoisotopic (exact) mass is 282 g/mol. The second kappa shape index (κ2) is 7.81. The van der Waals surface area contributed by atoms with E-state index in [2.05, 4.69) is 4.98 Å². The molecule has 20 heavy (non-hydrogen) atoms. The van der Waals surface area contributed by atoms with Crippen molar-refractivity contribution < 1.29 is 19.4 Å². The minimum absolute atomic E-state index is 0.00236. The van der Waals surface area contributed by atoms with Gasteiger partial charge in [-0.05, 0) is 26.0 Å². The van der Waals surface area contributed by atoms with Crippen LogP contribution >= 0.6 is 0 Å². The number of hydrogen-bond acceptors (Lipinski definition) is 5. The van der Waals surface area contributed by atoms with Crippen molar-refractivity contribution in [3.05, 3.63) is 23.4 Å². The van der Waals surface area contributed by atoms with Gasteiger partial charge in [-0.25, -0.2) is 9.78 Å². The third-order valence-corrected chi connectivity index (χ3v) is 2.99. The van der Waals surface area contributed by atoms with Crippen LogP contribution in [0.4, 0.5) is 5.82 Å². The molecule has 0 spiro atoms. The molecule has 0 saturated carbocycles. The molecule has 0 amide bonds. The van der Waals surface area contributed by atoms with Crippen molar-refractivity contribution in [2.45, 2.75) is 19.9 Å². The molecule has 0 aliphatic heterocycles. The second-order valence-electron chi connectivity index (χ2n) is 4.62. The lowest BCUT2D eigenvalue weighted by Gasteiger charge is -2.30. The lowest BCUT2D eigenvalue weighted by atomic mass is 10.2. The van der Waals surface area contributed by atoms with E-state index in [9.17, 15) is 9.90 Å². The van der Waals surface area contributed by atoms with E-state index in [1.54, 1.807) is 26.4 Å². The number of pyridine rings is 1. The van der Waals surface area contributed by atoms with Crippen molar-refractivity contribution in [2.75, 3.05) is 38.9 Å². The number of carbonyl (C=O) groups is 1. The number of anilines is 1. The van der Waals surface area contributed by atoms with Crippen LogP contribution in [-0.4, -0.2) is 56.1 Å². The zero-order valence-electron chi connectivity index (χ0n) is 12.4. The van der Waals surface area contributed by atoms with Crippen LogP contribution in [0, 0.1) is 6.92 Å². The summed E-state index contributed by atoms with van der Waals surface area (Å²) in [6, 6.07) is 3.28.